The van der Waals surface area contributed by atoms with Crippen LogP contribution in [0.4, 0.5) is 5.69 Å². The van der Waals surface area contributed by atoms with Crippen LogP contribution in [0, 0.1) is 20.8 Å². The Morgan fingerprint density at radius 1 is 1.10 bits per heavy atom. The van der Waals surface area contributed by atoms with E-state index in [1.165, 1.54) is 18.7 Å². The molecule has 0 aliphatic heterocycles. The summed E-state index contributed by atoms with van der Waals surface area (Å²) in [6, 6.07) is 13.7. The van der Waals surface area contributed by atoms with Gasteiger partial charge < -0.3 is 10.2 Å². The first kappa shape index (κ1) is 22.6. The van der Waals surface area contributed by atoms with Crippen molar-refractivity contribution in [3.05, 3.63) is 65.0 Å². The van der Waals surface area contributed by atoms with Crippen LogP contribution in [0.5, 0.6) is 0 Å². The molecule has 0 bridgehead atoms. The summed E-state index contributed by atoms with van der Waals surface area (Å²) in [7, 11) is 1.74. The standard InChI is InChI=1S/C23H27N5O2S/c1-15-10-11-16(2)21(12-15)28-17(3)25-26-23(28)31-14-22(30)24-20-9-7-6-8-19(20)13-27(5)18(4)29/h6-12H,13-14H2,1-5H3,(H,24,30). The van der Waals surface area contributed by atoms with E-state index in [1.807, 2.05) is 49.6 Å². The number of thioether (sulfide) groups is 1. The molecule has 1 heterocycles. The number of hydrogen-bond acceptors (Lipinski definition) is 5. The SMILES string of the molecule is CC(=O)N(C)Cc1ccccc1NC(=O)CSc1nnc(C)n1-c1cc(C)ccc1C. The molecule has 7 nitrogen and oxygen atoms in total. The smallest absolute Gasteiger partial charge is 0.234 e. The minimum atomic E-state index is -0.143. The van der Waals surface area contributed by atoms with Gasteiger partial charge in [0, 0.05) is 26.2 Å². The number of carbonyl (C=O) groups excluding carboxylic acids is 2. The third-order valence-corrected chi connectivity index (χ3v) is 5.90. The van der Waals surface area contributed by atoms with Gasteiger partial charge in [0.25, 0.3) is 0 Å². The van der Waals surface area contributed by atoms with Crippen LogP contribution >= 0.6 is 11.8 Å². The number of carbonyl (C=O) groups is 2. The maximum Gasteiger partial charge on any atom is 0.234 e. The van der Waals surface area contributed by atoms with Gasteiger partial charge in [0.15, 0.2) is 5.16 Å². The lowest BCUT2D eigenvalue weighted by atomic mass is 10.1. The molecule has 0 aliphatic rings. The molecule has 0 fully saturated rings. The van der Waals surface area contributed by atoms with Crippen LogP contribution in [-0.4, -0.2) is 44.3 Å². The first-order valence-corrected chi connectivity index (χ1v) is 11.0. The van der Waals surface area contributed by atoms with Crippen LogP contribution in [0.25, 0.3) is 5.69 Å². The summed E-state index contributed by atoms with van der Waals surface area (Å²) in [5, 5.41) is 12.1. The fourth-order valence-electron chi connectivity index (χ4n) is 3.14. The third kappa shape index (κ3) is 5.52. The highest BCUT2D eigenvalue weighted by molar-refractivity contribution is 7.99. The van der Waals surface area contributed by atoms with E-state index >= 15 is 0 Å². The summed E-state index contributed by atoms with van der Waals surface area (Å²) in [5.41, 5.74) is 4.86. The normalized spacial score (nSPS) is 10.7. The molecule has 1 aromatic heterocycles. The molecule has 0 saturated heterocycles. The summed E-state index contributed by atoms with van der Waals surface area (Å²) >= 11 is 1.34. The van der Waals surface area contributed by atoms with Crippen molar-refractivity contribution in [3.63, 3.8) is 0 Å². The van der Waals surface area contributed by atoms with E-state index in [2.05, 4.69) is 33.7 Å². The van der Waals surface area contributed by atoms with Gasteiger partial charge in [0.2, 0.25) is 11.8 Å². The van der Waals surface area contributed by atoms with Crippen LogP contribution in [0.1, 0.15) is 29.4 Å². The molecule has 3 aromatic rings. The van der Waals surface area contributed by atoms with E-state index in [0.29, 0.717) is 17.4 Å². The maximum absolute atomic E-state index is 12.7. The van der Waals surface area contributed by atoms with Gasteiger partial charge in [-0.25, -0.2) is 0 Å². The summed E-state index contributed by atoms with van der Waals surface area (Å²) in [4.78, 5) is 25.8. The van der Waals surface area contributed by atoms with E-state index in [9.17, 15) is 9.59 Å². The molecule has 2 amide bonds. The van der Waals surface area contributed by atoms with E-state index in [4.69, 9.17) is 0 Å². The Kier molecular flexibility index (Phi) is 7.12. The molecule has 0 aliphatic carbocycles. The lowest BCUT2D eigenvalue weighted by molar-refractivity contribution is -0.128. The lowest BCUT2D eigenvalue weighted by Crippen LogP contribution is -2.24. The topological polar surface area (TPSA) is 80.1 Å². The van der Waals surface area contributed by atoms with Crippen molar-refractivity contribution >= 4 is 29.3 Å². The van der Waals surface area contributed by atoms with Crippen LogP contribution < -0.4 is 5.32 Å². The highest BCUT2D eigenvalue weighted by atomic mass is 32.2. The quantitative estimate of drug-likeness (QED) is 0.567. The summed E-state index contributed by atoms with van der Waals surface area (Å²) in [5.74, 6) is 0.794. The van der Waals surface area contributed by atoms with Crippen molar-refractivity contribution in [2.24, 2.45) is 0 Å². The fourth-order valence-corrected chi connectivity index (χ4v) is 3.93. The second-order valence-corrected chi connectivity index (χ2v) is 8.47. The Balaban J connectivity index is 1.72. The molecule has 0 unspecified atom stereocenters. The van der Waals surface area contributed by atoms with Crippen molar-refractivity contribution in [2.75, 3.05) is 18.1 Å². The number of amides is 2. The first-order valence-electron chi connectivity index (χ1n) is 9.98. The summed E-state index contributed by atoms with van der Waals surface area (Å²) in [6.07, 6.45) is 0. The van der Waals surface area contributed by atoms with Crippen molar-refractivity contribution in [3.8, 4) is 5.69 Å². The predicted molar refractivity (Wildman–Crippen MR) is 124 cm³/mol. The Bertz CT molecular complexity index is 1110. The van der Waals surface area contributed by atoms with Gasteiger partial charge in [-0.2, -0.15) is 0 Å². The Hall–Kier alpha value is -3.13. The minimum absolute atomic E-state index is 0.0298. The van der Waals surface area contributed by atoms with Crippen molar-refractivity contribution in [2.45, 2.75) is 39.4 Å². The minimum Gasteiger partial charge on any atom is -0.342 e. The molecule has 31 heavy (non-hydrogen) atoms. The monoisotopic (exact) mass is 437 g/mol. The molecular weight excluding hydrogens is 410 g/mol. The number of benzene rings is 2. The largest absolute Gasteiger partial charge is 0.342 e. The fraction of sp³-hybridized carbons (Fsp3) is 0.304. The molecule has 8 heteroatoms. The zero-order valence-corrected chi connectivity index (χ0v) is 19.3. The highest BCUT2D eigenvalue weighted by Crippen LogP contribution is 2.25. The molecule has 2 aromatic carbocycles. The summed E-state index contributed by atoms with van der Waals surface area (Å²) in [6.45, 7) is 7.94. The molecule has 0 radical (unpaired) electrons. The Labute approximate surface area is 186 Å². The van der Waals surface area contributed by atoms with Crippen molar-refractivity contribution in [1.29, 1.82) is 0 Å². The van der Waals surface area contributed by atoms with Gasteiger partial charge in [-0.1, -0.05) is 42.1 Å². The van der Waals surface area contributed by atoms with Crippen LogP contribution in [0.2, 0.25) is 0 Å². The molecule has 1 N–H and O–H groups in total. The van der Waals surface area contributed by atoms with Gasteiger partial charge in [-0.3, -0.25) is 14.2 Å². The molecule has 162 valence electrons. The van der Waals surface area contributed by atoms with Crippen LogP contribution in [0.3, 0.4) is 0 Å². The number of anilines is 1. The zero-order valence-electron chi connectivity index (χ0n) is 18.5. The highest BCUT2D eigenvalue weighted by Gasteiger charge is 2.16. The molecule has 0 atom stereocenters. The van der Waals surface area contributed by atoms with Gasteiger partial charge in [-0.05, 0) is 49.6 Å². The van der Waals surface area contributed by atoms with Gasteiger partial charge >= 0.3 is 0 Å². The maximum atomic E-state index is 12.7. The number of nitrogens with one attached hydrogen (secondary N) is 1. The van der Waals surface area contributed by atoms with Crippen LogP contribution in [0.15, 0.2) is 47.6 Å². The second kappa shape index (κ2) is 9.78. The van der Waals surface area contributed by atoms with Gasteiger partial charge in [0.1, 0.15) is 5.82 Å². The summed E-state index contributed by atoms with van der Waals surface area (Å²) < 4.78 is 1.98. The van der Waals surface area contributed by atoms with Crippen molar-refractivity contribution < 1.29 is 9.59 Å². The number of aromatic nitrogens is 3. The van der Waals surface area contributed by atoms with Gasteiger partial charge in [0.05, 0.1) is 11.4 Å². The second-order valence-electron chi connectivity index (χ2n) is 7.52. The van der Waals surface area contributed by atoms with E-state index < -0.39 is 0 Å². The molecule has 0 saturated carbocycles. The lowest BCUT2D eigenvalue weighted by Gasteiger charge is -2.18. The van der Waals surface area contributed by atoms with Gasteiger partial charge in [-0.15, -0.1) is 10.2 Å². The molecule has 0 spiro atoms. The average Bonchev–Trinajstić information content (AvgIpc) is 3.09. The zero-order chi connectivity index (χ0) is 22.5. The van der Waals surface area contributed by atoms with E-state index in [1.54, 1.807) is 11.9 Å². The molecular formula is C23H27N5O2S. The van der Waals surface area contributed by atoms with Crippen LogP contribution in [-0.2, 0) is 16.1 Å². The predicted octanol–water partition coefficient (Wildman–Crippen LogP) is 3.90. The van der Waals surface area contributed by atoms with E-state index in [-0.39, 0.29) is 17.6 Å². The third-order valence-electron chi connectivity index (χ3n) is 4.97. The number of aryl methyl sites for hydroxylation is 3. The first-order chi connectivity index (χ1) is 14.8. The number of nitrogens with zero attached hydrogens (tertiary/aromatic N) is 4. The average molecular weight is 438 g/mol. The number of rotatable bonds is 7. The number of para-hydroxylation sites is 1. The van der Waals surface area contributed by atoms with Crippen molar-refractivity contribution in [1.82, 2.24) is 19.7 Å². The Morgan fingerprint density at radius 3 is 2.58 bits per heavy atom. The molecule has 3 rings (SSSR count). The Morgan fingerprint density at radius 2 is 1.84 bits per heavy atom. The number of hydrogen-bond donors (Lipinski definition) is 1. The van der Waals surface area contributed by atoms with E-state index in [0.717, 1.165) is 28.2 Å².